The fraction of sp³-hybridized carbons (Fsp3) is 0.0870. The summed E-state index contributed by atoms with van der Waals surface area (Å²) in [6, 6.07) is 21.6. The number of aryl methyl sites for hydroxylation is 1. The number of fused-ring (bicyclic) bond motifs is 1. The molecule has 0 unspecified atom stereocenters. The Morgan fingerprint density at radius 3 is 2.50 bits per heavy atom. The summed E-state index contributed by atoms with van der Waals surface area (Å²) in [5.41, 5.74) is 9.72. The number of nitrogens with one attached hydrogen (secondary N) is 1. The smallest absolute Gasteiger partial charge is 0.229 e. The van der Waals surface area contributed by atoms with Gasteiger partial charge in [0.1, 0.15) is 0 Å². The molecule has 0 bridgehead atoms. The molecule has 5 nitrogen and oxygen atoms in total. The van der Waals surface area contributed by atoms with Crippen molar-refractivity contribution in [3.8, 4) is 11.3 Å². The molecule has 1 heterocycles. The van der Waals surface area contributed by atoms with Crippen LogP contribution in [0.15, 0.2) is 72.9 Å². The molecule has 0 aliphatic heterocycles. The molecule has 1 amide bonds. The van der Waals surface area contributed by atoms with Gasteiger partial charge in [-0.25, -0.2) is 9.97 Å². The second kappa shape index (κ2) is 7.48. The molecule has 0 spiro atoms. The maximum Gasteiger partial charge on any atom is 0.229 e. The lowest BCUT2D eigenvalue weighted by atomic mass is 10.0. The number of anilines is 2. The number of nitrogen functional groups attached to an aromatic ring is 1. The molecule has 4 rings (SSSR count). The molecular weight excluding hydrogens is 348 g/mol. The van der Waals surface area contributed by atoms with Gasteiger partial charge in [-0.1, -0.05) is 54.6 Å². The second-order valence-corrected chi connectivity index (χ2v) is 6.72. The van der Waals surface area contributed by atoms with Crippen LogP contribution in [0.4, 0.5) is 11.5 Å². The standard InChI is InChI=1S/C23H20N4O/c1-15-23(25-14-21(26-15)18-8-10-20(24)11-9-18)27-22(28)13-16-6-7-17-4-2-3-5-19(17)12-16/h2-12,14H,13,24H2,1H3,(H,25,27,28). The maximum atomic E-state index is 12.5. The molecule has 0 aliphatic rings. The first-order valence-electron chi connectivity index (χ1n) is 9.05. The Morgan fingerprint density at radius 1 is 1.00 bits per heavy atom. The van der Waals surface area contributed by atoms with Crippen molar-refractivity contribution in [2.75, 3.05) is 11.1 Å². The highest BCUT2D eigenvalue weighted by Gasteiger charge is 2.10. The van der Waals surface area contributed by atoms with Gasteiger partial charge in [0.2, 0.25) is 5.91 Å². The summed E-state index contributed by atoms with van der Waals surface area (Å²) in [7, 11) is 0. The number of hydrogen-bond acceptors (Lipinski definition) is 4. The van der Waals surface area contributed by atoms with E-state index in [-0.39, 0.29) is 12.3 Å². The highest BCUT2D eigenvalue weighted by atomic mass is 16.1. The SMILES string of the molecule is Cc1nc(-c2ccc(N)cc2)cnc1NC(=O)Cc1ccc2ccccc2c1. The number of hydrogen-bond donors (Lipinski definition) is 2. The van der Waals surface area contributed by atoms with E-state index in [9.17, 15) is 4.79 Å². The minimum Gasteiger partial charge on any atom is -0.399 e. The van der Waals surface area contributed by atoms with E-state index in [4.69, 9.17) is 5.73 Å². The van der Waals surface area contributed by atoms with Gasteiger partial charge < -0.3 is 11.1 Å². The lowest BCUT2D eigenvalue weighted by Crippen LogP contribution is -2.16. The molecule has 0 radical (unpaired) electrons. The summed E-state index contributed by atoms with van der Waals surface area (Å²) in [6.45, 7) is 1.83. The highest BCUT2D eigenvalue weighted by Crippen LogP contribution is 2.21. The average Bonchev–Trinajstić information content (AvgIpc) is 2.70. The van der Waals surface area contributed by atoms with E-state index in [1.54, 1.807) is 6.20 Å². The Kier molecular flexibility index (Phi) is 4.72. The van der Waals surface area contributed by atoms with Crippen LogP contribution in [0.5, 0.6) is 0 Å². The Morgan fingerprint density at radius 2 is 1.75 bits per heavy atom. The van der Waals surface area contributed by atoms with Gasteiger partial charge in [0, 0.05) is 11.3 Å². The predicted octanol–water partition coefficient (Wildman–Crippen LogP) is 4.37. The first-order valence-corrected chi connectivity index (χ1v) is 9.05. The molecule has 3 aromatic carbocycles. The summed E-state index contributed by atoms with van der Waals surface area (Å²) in [4.78, 5) is 21.4. The van der Waals surface area contributed by atoms with Gasteiger partial charge in [0.25, 0.3) is 0 Å². The van der Waals surface area contributed by atoms with E-state index >= 15 is 0 Å². The number of benzene rings is 3. The quantitative estimate of drug-likeness (QED) is 0.524. The number of carbonyl (C=O) groups excluding carboxylic acids is 1. The molecule has 28 heavy (non-hydrogen) atoms. The van der Waals surface area contributed by atoms with Gasteiger partial charge in [0.15, 0.2) is 5.82 Å². The fourth-order valence-corrected chi connectivity index (χ4v) is 3.11. The van der Waals surface area contributed by atoms with Crippen LogP contribution in [-0.4, -0.2) is 15.9 Å². The van der Waals surface area contributed by atoms with Crippen molar-refractivity contribution in [3.63, 3.8) is 0 Å². The van der Waals surface area contributed by atoms with E-state index in [2.05, 4.69) is 21.4 Å². The minimum absolute atomic E-state index is 0.118. The van der Waals surface area contributed by atoms with E-state index < -0.39 is 0 Å². The molecule has 4 aromatic rings. The summed E-state index contributed by atoms with van der Waals surface area (Å²) >= 11 is 0. The lowest BCUT2D eigenvalue weighted by molar-refractivity contribution is -0.115. The number of rotatable bonds is 4. The zero-order chi connectivity index (χ0) is 19.5. The van der Waals surface area contributed by atoms with Gasteiger partial charge in [-0.05, 0) is 35.4 Å². The van der Waals surface area contributed by atoms with Crippen molar-refractivity contribution in [2.45, 2.75) is 13.3 Å². The van der Waals surface area contributed by atoms with Crippen molar-refractivity contribution in [2.24, 2.45) is 0 Å². The van der Waals surface area contributed by atoms with Gasteiger partial charge in [-0.2, -0.15) is 0 Å². The van der Waals surface area contributed by atoms with Crippen LogP contribution < -0.4 is 11.1 Å². The molecule has 0 atom stereocenters. The Bertz CT molecular complexity index is 1150. The average molecular weight is 368 g/mol. The second-order valence-electron chi connectivity index (χ2n) is 6.72. The predicted molar refractivity (Wildman–Crippen MR) is 113 cm³/mol. The zero-order valence-electron chi connectivity index (χ0n) is 15.5. The number of aromatic nitrogens is 2. The molecule has 0 fully saturated rings. The Hall–Kier alpha value is -3.73. The third-order valence-electron chi connectivity index (χ3n) is 4.59. The summed E-state index contributed by atoms with van der Waals surface area (Å²) < 4.78 is 0. The van der Waals surface area contributed by atoms with Gasteiger partial charge >= 0.3 is 0 Å². The van der Waals surface area contributed by atoms with Crippen LogP contribution in [0.25, 0.3) is 22.0 Å². The van der Waals surface area contributed by atoms with Crippen molar-refractivity contribution in [1.82, 2.24) is 9.97 Å². The molecule has 3 N–H and O–H groups in total. The monoisotopic (exact) mass is 368 g/mol. The van der Waals surface area contributed by atoms with Crippen molar-refractivity contribution >= 4 is 28.2 Å². The van der Waals surface area contributed by atoms with Crippen LogP contribution >= 0.6 is 0 Å². The van der Waals surface area contributed by atoms with Crippen LogP contribution in [-0.2, 0) is 11.2 Å². The number of carbonyl (C=O) groups is 1. The number of nitrogens with zero attached hydrogens (tertiary/aromatic N) is 2. The van der Waals surface area contributed by atoms with E-state index in [1.165, 1.54) is 0 Å². The first kappa shape index (κ1) is 17.7. The van der Waals surface area contributed by atoms with Crippen LogP contribution in [0.1, 0.15) is 11.3 Å². The Balaban J connectivity index is 1.48. The van der Waals surface area contributed by atoms with Crippen molar-refractivity contribution in [3.05, 3.63) is 84.2 Å². The summed E-state index contributed by atoms with van der Waals surface area (Å²) in [6.07, 6.45) is 1.94. The molecule has 1 aromatic heterocycles. The van der Waals surface area contributed by atoms with Crippen molar-refractivity contribution < 1.29 is 4.79 Å². The van der Waals surface area contributed by atoms with Crippen LogP contribution in [0.2, 0.25) is 0 Å². The fourth-order valence-electron chi connectivity index (χ4n) is 3.11. The molecule has 0 aliphatic carbocycles. The van der Waals surface area contributed by atoms with Gasteiger partial charge in [0.05, 0.1) is 24.0 Å². The zero-order valence-corrected chi connectivity index (χ0v) is 15.5. The van der Waals surface area contributed by atoms with E-state index in [0.717, 1.165) is 27.6 Å². The summed E-state index contributed by atoms with van der Waals surface area (Å²) in [5, 5.41) is 5.14. The third-order valence-corrected chi connectivity index (χ3v) is 4.59. The molecular formula is C23H20N4O. The normalized spacial score (nSPS) is 10.8. The summed E-state index contributed by atoms with van der Waals surface area (Å²) in [5.74, 6) is 0.359. The largest absolute Gasteiger partial charge is 0.399 e. The molecule has 5 heteroatoms. The minimum atomic E-state index is -0.118. The lowest BCUT2D eigenvalue weighted by Gasteiger charge is -2.09. The van der Waals surface area contributed by atoms with Gasteiger partial charge in [-0.15, -0.1) is 0 Å². The topological polar surface area (TPSA) is 80.9 Å². The first-order chi connectivity index (χ1) is 13.6. The van der Waals surface area contributed by atoms with Crippen molar-refractivity contribution in [1.29, 1.82) is 0 Å². The molecule has 0 saturated heterocycles. The van der Waals surface area contributed by atoms with Crippen LogP contribution in [0.3, 0.4) is 0 Å². The highest BCUT2D eigenvalue weighted by molar-refractivity contribution is 5.93. The molecule has 0 saturated carbocycles. The Labute approximate surface area is 163 Å². The van der Waals surface area contributed by atoms with E-state index in [1.807, 2.05) is 67.6 Å². The maximum absolute atomic E-state index is 12.5. The molecule has 138 valence electrons. The number of nitrogens with two attached hydrogens (primary N) is 1. The number of amides is 1. The van der Waals surface area contributed by atoms with Gasteiger partial charge in [-0.3, -0.25) is 4.79 Å². The van der Waals surface area contributed by atoms with Crippen LogP contribution in [0, 0.1) is 6.92 Å². The third kappa shape index (κ3) is 3.83. The van der Waals surface area contributed by atoms with E-state index in [0.29, 0.717) is 17.2 Å².